The van der Waals surface area contributed by atoms with Crippen LogP contribution in [0.1, 0.15) is 12.8 Å². The molecule has 1 aliphatic rings. The number of piperidine rings is 1. The first-order valence-electron chi connectivity index (χ1n) is 8.32. The lowest BCUT2D eigenvalue weighted by atomic mass is 9.96. The molecule has 0 saturated carbocycles. The zero-order chi connectivity index (χ0) is 18.1. The Morgan fingerprint density at radius 2 is 1.92 bits per heavy atom. The van der Waals surface area contributed by atoms with Gasteiger partial charge in [-0.05, 0) is 60.2 Å². The van der Waals surface area contributed by atoms with Crippen LogP contribution in [0, 0.1) is 11.7 Å². The van der Waals surface area contributed by atoms with E-state index in [1.165, 1.54) is 12.1 Å². The van der Waals surface area contributed by atoms with Crippen LogP contribution in [0.2, 0.25) is 5.28 Å². The third-order valence-corrected chi connectivity index (χ3v) is 5.60. The molecule has 0 unspecified atom stereocenters. The zero-order valence-corrected chi connectivity index (χ0v) is 15.4. The van der Waals surface area contributed by atoms with Crippen molar-refractivity contribution in [2.45, 2.75) is 12.8 Å². The normalized spacial score (nSPS) is 15.4. The van der Waals surface area contributed by atoms with Crippen LogP contribution in [0.15, 0.2) is 35.7 Å². The highest BCUT2D eigenvalue weighted by Crippen LogP contribution is 2.32. The molecule has 1 saturated heterocycles. The molecule has 0 radical (unpaired) electrons. The van der Waals surface area contributed by atoms with E-state index in [-0.39, 0.29) is 22.9 Å². The van der Waals surface area contributed by atoms with E-state index in [4.69, 9.17) is 11.6 Å². The average molecular weight is 391 g/mol. The standard InChI is InChI=1S/C18H16ClFN4OS/c19-18-22-14-7-10-26-15(14)16(23-18)24-8-5-11(6-9-24)17(25)21-13-3-1-12(20)2-4-13/h1-4,7,10-11H,5-6,8-9H2,(H,21,25). The molecular weight excluding hydrogens is 375 g/mol. The molecule has 26 heavy (non-hydrogen) atoms. The van der Waals surface area contributed by atoms with Gasteiger partial charge in [0.25, 0.3) is 0 Å². The summed E-state index contributed by atoms with van der Waals surface area (Å²) in [5.41, 5.74) is 1.46. The largest absolute Gasteiger partial charge is 0.355 e. The molecule has 1 fully saturated rings. The summed E-state index contributed by atoms with van der Waals surface area (Å²) in [6.45, 7) is 1.45. The first-order chi connectivity index (χ1) is 12.6. The molecule has 1 aliphatic heterocycles. The minimum atomic E-state index is -0.320. The quantitative estimate of drug-likeness (QED) is 0.676. The van der Waals surface area contributed by atoms with Crippen molar-refractivity contribution in [1.82, 2.24) is 9.97 Å². The van der Waals surface area contributed by atoms with Crippen molar-refractivity contribution in [3.8, 4) is 0 Å². The summed E-state index contributed by atoms with van der Waals surface area (Å²) >= 11 is 7.64. The molecule has 4 rings (SSSR count). The van der Waals surface area contributed by atoms with Gasteiger partial charge in [-0.15, -0.1) is 11.3 Å². The van der Waals surface area contributed by atoms with Gasteiger partial charge in [-0.25, -0.2) is 9.37 Å². The summed E-state index contributed by atoms with van der Waals surface area (Å²) in [4.78, 5) is 23.2. The van der Waals surface area contributed by atoms with E-state index in [0.29, 0.717) is 5.69 Å². The molecule has 1 N–H and O–H groups in total. The first-order valence-corrected chi connectivity index (χ1v) is 9.58. The maximum absolute atomic E-state index is 13.0. The Morgan fingerprint density at radius 1 is 1.19 bits per heavy atom. The summed E-state index contributed by atoms with van der Waals surface area (Å²) < 4.78 is 14.0. The third-order valence-electron chi connectivity index (χ3n) is 4.54. The summed E-state index contributed by atoms with van der Waals surface area (Å²) in [6, 6.07) is 7.74. The Labute approximate surface area is 158 Å². The van der Waals surface area contributed by atoms with Crippen molar-refractivity contribution in [3.63, 3.8) is 0 Å². The van der Waals surface area contributed by atoms with E-state index >= 15 is 0 Å². The predicted molar refractivity (Wildman–Crippen MR) is 102 cm³/mol. The van der Waals surface area contributed by atoms with Gasteiger partial charge in [0, 0.05) is 24.7 Å². The Balaban J connectivity index is 1.42. The van der Waals surface area contributed by atoms with Crippen LogP contribution in [-0.4, -0.2) is 29.0 Å². The number of rotatable bonds is 3. The summed E-state index contributed by atoms with van der Waals surface area (Å²) in [6.07, 6.45) is 1.45. The number of amides is 1. The van der Waals surface area contributed by atoms with Crippen molar-refractivity contribution in [2.24, 2.45) is 5.92 Å². The topological polar surface area (TPSA) is 58.1 Å². The fourth-order valence-electron chi connectivity index (χ4n) is 3.17. The van der Waals surface area contributed by atoms with E-state index in [2.05, 4.69) is 20.2 Å². The van der Waals surface area contributed by atoms with E-state index in [9.17, 15) is 9.18 Å². The van der Waals surface area contributed by atoms with Crippen LogP contribution in [0.25, 0.3) is 10.2 Å². The summed E-state index contributed by atoms with van der Waals surface area (Å²) in [5, 5.41) is 5.07. The van der Waals surface area contributed by atoms with Crippen molar-refractivity contribution < 1.29 is 9.18 Å². The van der Waals surface area contributed by atoms with Crippen molar-refractivity contribution in [2.75, 3.05) is 23.3 Å². The van der Waals surface area contributed by atoms with E-state index in [1.807, 2.05) is 11.4 Å². The third kappa shape index (κ3) is 3.50. The fourth-order valence-corrected chi connectivity index (χ4v) is 4.18. The summed E-state index contributed by atoms with van der Waals surface area (Å²) in [7, 11) is 0. The molecule has 3 aromatic rings. The Morgan fingerprint density at radius 3 is 2.65 bits per heavy atom. The molecule has 0 bridgehead atoms. The number of benzene rings is 1. The Kier molecular flexibility index (Phi) is 4.74. The predicted octanol–water partition coefficient (Wildman–Crippen LogP) is 4.34. The maximum atomic E-state index is 13.0. The number of anilines is 2. The van der Waals surface area contributed by atoms with Crippen molar-refractivity contribution in [1.29, 1.82) is 0 Å². The first kappa shape index (κ1) is 17.2. The number of hydrogen-bond donors (Lipinski definition) is 1. The lowest BCUT2D eigenvalue weighted by Crippen LogP contribution is -2.38. The molecule has 2 aromatic heterocycles. The minimum absolute atomic E-state index is 0.0294. The van der Waals surface area contributed by atoms with Gasteiger partial charge in [0.2, 0.25) is 11.2 Å². The van der Waals surface area contributed by atoms with Gasteiger partial charge in [-0.2, -0.15) is 4.98 Å². The molecule has 134 valence electrons. The molecule has 3 heterocycles. The number of hydrogen-bond acceptors (Lipinski definition) is 5. The number of fused-ring (bicyclic) bond motifs is 1. The monoisotopic (exact) mass is 390 g/mol. The highest BCUT2D eigenvalue weighted by molar-refractivity contribution is 7.17. The smallest absolute Gasteiger partial charge is 0.227 e. The van der Waals surface area contributed by atoms with Gasteiger partial charge in [0.1, 0.15) is 5.82 Å². The number of nitrogens with zero attached hydrogens (tertiary/aromatic N) is 3. The lowest BCUT2D eigenvalue weighted by molar-refractivity contribution is -0.120. The number of halogens is 2. The van der Waals surface area contributed by atoms with E-state index < -0.39 is 0 Å². The number of nitrogens with one attached hydrogen (secondary N) is 1. The molecule has 0 atom stereocenters. The van der Waals surface area contributed by atoms with Gasteiger partial charge in [-0.3, -0.25) is 4.79 Å². The van der Waals surface area contributed by atoms with E-state index in [1.54, 1.807) is 23.5 Å². The van der Waals surface area contributed by atoms with Crippen LogP contribution < -0.4 is 10.2 Å². The second kappa shape index (κ2) is 7.17. The van der Waals surface area contributed by atoms with Crippen LogP contribution in [0.4, 0.5) is 15.9 Å². The van der Waals surface area contributed by atoms with Gasteiger partial charge in [0.05, 0.1) is 10.2 Å². The Bertz CT molecular complexity index is 938. The molecule has 0 spiro atoms. The minimum Gasteiger partial charge on any atom is -0.355 e. The Hall–Kier alpha value is -2.25. The van der Waals surface area contributed by atoms with E-state index in [0.717, 1.165) is 42.0 Å². The van der Waals surface area contributed by atoms with Crippen LogP contribution in [0.3, 0.4) is 0 Å². The lowest BCUT2D eigenvalue weighted by Gasteiger charge is -2.32. The number of aromatic nitrogens is 2. The zero-order valence-electron chi connectivity index (χ0n) is 13.8. The molecular formula is C18H16ClFN4OS. The highest BCUT2D eigenvalue weighted by Gasteiger charge is 2.27. The van der Waals surface area contributed by atoms with Crippen LogP contribution >= 0.6 is 22.9 Å². The SMILES string of the molecule is O=C(Nc1ccc(F)cc1)C1CCN(c2nc(Cl)nc3ccsc23)CC1. The molecule has 0 aliphatic carbocycles. The van der Waals surface area contributed by atoms with Crippen molar-refractivity contribution >= 4 is 50.6 Å². The second-order valence-corrected chi connectivity index (χ2v) is 7.46. The van der Waals surface area contributed by atoms with Crippen LogP contribution in [-0.2, 0) is 4.79 Å². The number of thiophene rings is 1. The van der Waals surface area contributed by atoms with Gasteiger partial charge >= 0.3 is 0 Å². The highest BCUT2D eigenvalue weighted by atomic mass is 35.5. The second-order valence-electron chi connectivity index (χ2n) is 6.21. The molecule has 1 aromatic carbocycles. The van der Waals surface area contributed by atoms with Gasteiger partial charge in [-0.1, -0.05) is 0 Å². The number of carbonyl (C=O) groups excluding carboxylic acids is 1. The molecule has 1 amide bonds. The van der Waals surface area contributed by atoms with Gasteiger partial charge in [0.15, 0.2) is 5.82 Å². The summed E-state index contributed by atoms with van der Waals surface area (Å²) in [5.74, 6) is 0.415. The molecule has 5 nitrogen and oxygen atoms in total. The fraction of sp³-hybridized carbons (Fsp3) is 0.278. The van der Waals surface area contributed by atoms with Crippen LogP contribution in [0.5, 0.6) is 0 Å². The molecule has 8 heteroatoms. The van der Waals surface area contributed by atoms with Crippen molar-refractivity contribution in [3.05, 3.63) is 46.8 Å². The van der Waals surface area contributed by atoms with Gasteiger partial charge < -0.3 is 10.2 Å². The maximum Gasteiger partial charge on any atom is 0.227 e. The average Bonchev–Trinajstić information content (AvgIpc) is 3.11. The number of carbonyl (C=O) groups is 1.